The molecule has 1 aliphatic rings. The summed E-state index contributed by atoms with van der Waals surface area (Å²) in [6.07, 6.45) is 7.72. The van der Waals surface area contributed by atoms with Crippen molar-refractivity contribution in [2.45, 2.75) is 50.9 Å². The molecule has 1 saturated carbocycles. The third kappa shape index (κ3) is 2.41. The van der Waals surface area contributed by atoms with Gasteiger partial charge in [0, 0.05) is 12.0 Å². The normalized spacial score (nSPS) is 19.5. The maximum absolute atomic E-state index is 6.16. The quantitative estimate of drug-likeness (QED) is 0.835. The molecule has 1 aromatic carbocycles. The maximum atomic E-state index is 6.16. The van der Waals surface area contributed by atoms with E-state index in [9.17, 15) is 0 Å². The predicted octanol–water partition coefficient (Wildman–Crippen LogP) is 4.16. The number of aryl methyl sites for hydroxylation is 1. The molecule has 1 aromatic heterocycles. The summed E-state index contributed by atoms with van der Waals surface area (Å²) in [5, 5.41) is 1.28. The van der Waals surface area contributed by atoms with Gasteiger partial charge < -0.3 is 5.73 Å². The van der Waals surface area contributed by atoms with E-state index in [1.807, 2.05) is 11.3 Å². The highest BCUT2D eigenvalue weighted by Crippen LogP contribution is 2.41. The molecule has 2 N–H and O–H groups in total. The third-order valence-corrected chi connectivity index (χ3v) is 5.71. The van der Waals surface area contributed by atoms with Gasteiger partial charge in [-0.15, -0.1) is 11.3 Å². The van der Waals surface area contributed by atoms with Gasteiger partial charge in [0.05, 0.1) is 10.2 Å². The Labute approximate surface area is 119 Å². The first kappa shape index (κ1) is 13.1. The molecule has 2 nitrogen and oxygen atoms in total. The number of hydrogen-bond acceptors (Lipinski definition) is 3. The average Bonchev–Trinajstić information content (AvgIpc) is 2.69. The second-order valence-electron chi connectivity index (χ2n) is 5.89. The molecule has 19 heavy (non-hydrogen) atoms. The van der Waals surface area contributed by atoms with Gasteiger partial charge in [-0.2, -0.15) is 0 Å². The summed E-state index contributed by atoms with van der Waals surface area (Å²) in [7, 11) is 0. The highest BCUT2D eigenvalue weighted by Gasteiger charge is 2.34. The van der Waals surface area contributed by atoms with Crippen molar-refractivity contribution >= 4 is 21.6 Å². The zero-order chi connectivity index (χ0) is 13.3. The zero-order valence-corrected chi connectivity index (χ0v) is 12.4. The van der Waals surface area contributed by atoms with E-state index in [1.165, 1.54) is 53.8 Å². The van der Waals surface area contributed by atoms with Crippen LogP contribution in [0.15, 0.2) is 18.2 Å². The minimum Gasteiger partial charge on any atom is -0.329 e. The van der Waals surface area contributed by atoms with E-state index in [4.69, 9.17) is 10.7 Å². The molecule has 1 fully saturated rings. The molecule has 1 heterocycles. The summed E-state index contributed by atoms with van der Waals surface area (Å²) in [5.74, 6) is 0. The number of nitrogens with two attached hydrogens (primary N) is 1. The summed E-state index contributed by atoms with van der Waals surface area (Å²) in [4.78, 5) is 4.90. The lowest BCUT2D eigenvalue weighted by Gasteiger charge is -2.28. The fourth-order valence-corrected chi connectivity index (χ4v) is 4.49. The number of nitrogens with zero attached hydrogens (tertiary/aromatic N) is 1. The van der Waals surface area contributed by atoms with Crippen LogP contribution in [0.2, 0.25) is 0 Å². The molecule has 0 atom stereocenters. The van der Waals surface area contributed by atoms with Crippen molar-refractivity contribution in [3.63, 3.8) is 0 Å². The molecule has 2 aromatic rings. The van der Waals surface area contributed by atoms with Crippen LogP contribution in [0.5, 0.6) is 0 Å². The zero-order valence-electron chi connectivity index (χ0n) is 11.6. The molecule has 0 aliphatic heterocycles. The first-order chi connectivity index (χ1) is 9.23. The van der Waals surface area contributed by atoms with Gasteiger partial charge in [-0.25, -0.2) is 4.98 Å². The molecule has 0 spiro atoms. The second-order valence-corrected chi connectivity index (χ2v) is 6.92. The highest BCUT2D eigenvalue weighted by molar-refractivity contribution is 7.18. The van der Waals surface area contributed by atoms with Gasteiger partial charge in [-0.3, -0.25) is 0 Å². The third-order valence-electron chi connectivity index (χ3n) is 4.45. The van der Waals surface area contributed by atoms with Crippen LogP contribution in [-0.2, 0) is 5.41 Å². The summed E-state index contributed by atoms with van der Waals surface area (Å²) < 4.78 is 1.31. The van der Waals surface area contributed by atoms with E-state index >= 15 is 0 Å². The van der Waals surface area contributed by atoms with Crippen LogP contribution in [0.3, 0.4) is 0 Å². The van der Waals surface area contributed by atoms with Crippen molar-refractivity contribution in [3.05, 3.63) is 28.8 Å². The summed E-state index contributed by atoms with van der Waals surface area (Å²) in [6.45, 7) is 2.88. The monoisotopic (exact) mass is 274 g/mol. The SMILES string of the molecule is Cc1ccc2nc(C3(CN)CCCCCC3)sc2c1. The first-order valence-electron chi connectivity index (χ1n) is 7.31. The van der Waals surface area contributed by atoms with Crippen molar-refractivity contribution in [1.29, 1.82) is 0 Å². The topological polar surface area (TPSA) is 38.9 Å². The molecule has 0 bridgehead atoms. The molecular weight excluding hydrogens is 252 g/mol. The predicted molar refractivity (Wildman–Crippen MR) is 82.8 cm³/mol. The van der Waals surface area contributed by atoms with Gasteiger partial charge in [0.25, 0.3) is 0 Å². The number of aromatic nitrogens is 1. The number of fused-ring (bicyclic) bond motifs is 1. The van der Waals surface area contributed by atoms with Crippen molar-refractivity contribution in [2.24, 2.45) is 5.73 Å². The fourth-order valence-electron chi connectivity index (χ4n) is 3.17. The minimum absolute atomic E-state index is 0.147. The van der Waals surface area contributed by atoms with Gasteiger partial charge >= 0.3 is 0 Å². The molecular formula is C16H22N2S. The van der Waals surface area contributed by atoms with E-state index in [-0.39, 0.29) is 5.41 Å². The van der Waals surface area contributed by atoms with Crippen LogP contribution in [0.1, 0.15) is 49.1 Å². The van der Waals surface area contributed by atoms with Crippen LogP contribution in [0.4, 0.5) is 0 Å². The molecule has 3 rings (SSSR count). The highest BCUT2D eigenvalue weighted by atomic mass is 32.1. The number of rotatable bonds is 2. The van der Waals surface area contributed by atoms with Crippen LogP contribution in [0, 0.1) is 6.92 Å². The fraction of sp³-hybridized carbons (Fsp3) is 0.562. The van der Waals surface area contributed by atoms with Crippen molar-refractivity contribution in [1.82, 2.24) is 4.98 Å². The first-order valence-corrected chi connectivity index (χ1v) is 8.13. The van der Waals surface area contributed by atoms with E-state index in [0.717, 1.165) is 12.1 Å². The molecule has 0 unspecified atom stereocenters. The molecule has 102 valence electrons. The van der Waals surface area contributed by atoms with Crippen LogP contribution < -0.4 is 5.73 Å². The Bertz CT molecular complexity index is 565. The van der Waals surface area contributed by atoms with E-state index in [0.29, 0.717) is 0 Å². The molecule has 1 aliphatic carbocycles. The smallest absolute Gasteiger partial charge is 0.101 e. The lowest BCUT2D eigenvalue weighted by molar-refractivity contribution is 0.380. The van der Waals surface area contributed by atoms with Crippen molar-refractivity contribution in [3.8, 4) is 0 Å². The lowest BCUT2D eigenvalue weighted by atomic mass is 9.81. The van der Waals surface area contributed by atoms with Crippen molar-refractivity contribution in [2.75, 3.05) is 6.54 Å². The molecule has 0 saturated heterocycles. The molecule has 0 amide bonds. The molecule has 3 heteroatoms. The van der Waals surface area contributed by atoms with Crippen molar-refractivity contribution < 1.29 is 0 Å². The van der Waals surface area contributed by atoms with Gasteiger partial charge in [0.2, 0.25) is 0 Å². The standard InChI is InChI=1S/C16H22N2S/c1-12-6-7-13-14(10-12)19-15(18-13)16(11-17)8-4-2-3-5-9-16/h6-7,10H,2-5,8-9,11,17H2,1H3. The average molecular weight is 274 g/mol. The Morgan fingerprint density at radius 3 is 2.63 bits per heavy atom. The Kier molecular flexibility index (Phi) is 3.59. The van der Waals surface area contributed by atoms with Crippen LogP contribution in [0.25, 0.3) is 10.2 Å². The van der Waals surface area contributed by atoms with Crippen LogP contribution in [-0.4, -0.2) is 11.5 Å². The Morgan fingerprint density at radius 2 is 1.95 bits per heavy atom. The van der Waals surface area contributed by atoms with E-state index in [1.54, 1.807) is 0 Å². The van der Waals surface area contributed by atoms with Gasteiger partial charge in [-0.05, 0) is 37.5 Å². The maximum Gasteiger partial charge on any atom is 0.101 e. The van der Waals surface area contributed by atoms with Crippen LogP contribution >= 0.6 is 11.3 Å². The molecule has 0 radical (unpaired) electrons. The Morgan fingerprint density at radius 1 is 1.21 bits per heavy atom. The largest absolute Gasteiger partial charge is 0.329 e. The summed E-state index contributed by atoms with van der Waals surface area (Å²) in [6, 6.07) is 6.54. The Hall–Kier alpha value is -0.930. The van der Waals surface area contributed by atoms with Gasteiger partial charge in [0.15, 0.2) is 0 Å². The van der Waals surface area contributed by atoms with Gasteiger partial charge in [-0.1, -0.05) is 31.7 Å². The lowest BCUT2D eigenvalue weighted by Crippen LogP contribution is -2.34. The number of hydrogen-bond donors (Lipinski definition) is 1. The number of benzene rings is 1. The second kappa shape index (κ2) is 5.22. The number of thiazole rings is 1. The van der Waals surface area contributed by atoms with E-state index in [2.05, 4.69) is 25.1 Å². The summed E-state index contributed by atoms with van der Waals surface area (Å²) in [5.41, 5.74) is 8.76. The van der Waals surface area contributed by atoms with E-state index < -0.39 is 0 Å². The Balaban J connectivity index is 2.04. The minimum atomic E-state index is 0.147. The van der Waals surface area contributed by atoms with Gasteiger partial charge in [0.1, 0.15) is 5.01 Å². The summed E-state index contributed by atoms with van der Waals surface area (Å²) >= 11 is 1.86.